The van der Waals surface area contributed by atoms with E-state index in [-0.39, 0.29) is 11.8 Å². The van der Waals surface area contributed by atoms with E-state index in [2.05, 4.69) is 4.98 Å². The fourth-order valence-corrected chi connectivity index (χ4v) is 2.72. The van der Waals surface area contributed by atoms with Crippen LogP contribution in [0, 0.1) is 0 Å². The summed E-state index contributed by atoms with van der Waals surface area (Å²) < 4.78 is 12.5. The second kappa shape index (κ2) is 5.17. The molecule has 1 saturated heterocycles. The highest BCUT2D eigenvalue weighted by atomic mass is 32.1. The molecule has 3 heterocycles. The van der Waals surface area contributed by atoms with Gasteiger partial charge in [0.05, 0.1) is 24.9 Å². The Labute approximate surface area is 108 Å². The Morgan fingerprint density at radius 1 is 1.44 bits per heavy atom. The molecular weight excluding hydrogens is 252 g/mol. The van der Waals surface area contributed by atoms with E-state index in [1.165, 1.54) is 11.3 Å². The van der Waals surface area contributed by atoms with Crippen LogP contribution >= 0.6 is 11.3 Å². The Hall–Kier alpha value is -1.24. The van der Waals surface area contributed by atoms with E-state index in [1.54, 1.807) is 10.9 Å². The topological polar surface area (TPSA) is 53.4 Å². The smallest absolute Gasteiger partial charge is 0.262 e. The van der Waals surface area contributed by atoms with Crippen LogP contribution in [0.1, 0.15) is 12.8 Å². The van der Waals surface area contributed by atoms with Crippen LogP contribution in [-0.4, -0.2) is 29.1 Å². The standard InChI is InChI=1S/C12H14N2O3S/c15-12-9-3-7-18-11(9)13-8-14(12)4-2-10-16-5-1-6-17-10/h3,7-8,10H,1-2,4-6H2. The molecule has 0 spiro atoms. The molecule has 1 aliphatic rings. The van der Waals surface area contributed by atoms with Crippen LogP contribution < -0.4 is 5.56 Å². The second-order valence-electron chi connectivity index (χ2n) is 4.20. The van der Waals surface area contributed by atoms with Crippen LogP contribution in [0.2, 0.25) is 0 Å². The number of hydrogen-bond donors (Lipinski definition) is 0. The number of nitrogens with zero attached hydrogens (tertiary/aromatic N) is 2. The maximum absolute atomic E-state index is 12.1. The average Bonchev–Trinajstić information content (AvgIpc) is 2.88. The Kier molecular flexibility index (Phi) is 3.40. The Balaban J connectivity index is 1.74. The van der Waals surface area contributed by atoms with Gasteiger partial charge in [-0.15, -0.1) is 11.3 Å². The first-order valence-corrected chi connectivity index (χ1v) is 6.88. The van der Waals surface area contributed by atoms with Gasteiger partial charge in [0, 0.05) is 13.0 Å². The van der Waals surface area contributed by atoms with Crippen LogP contribution in [-0.2, 0) is 16.0 Å². The molecular formula is C12H14N2O3S. The summed E-state index contributed by atoms with van der Waals surface area (Å²) in [5.74, 6) is 0. The molecule has 0 aromatic carbocycles. The summed E-state index contributed by atoms with van der Waals surface area (Å²) in [5, 5.41) is 2.57. The minimum absolute atomic E-state index is 0.0112. The van der Waals surface area contributed by atoms with Crippen LogP contribution in [0.3, 0.4) is 0 Å². The van der Waals surface area contributed by atoms with Gasteiger partial charge in [0.15, 0.2) is 6.29 Å². The molecule has 0 amide bonds. The average molecular weight is 266 g/mol. The lowest BCUT2D eigenvalue weighted by molar-refractivity contribution is -0.182. The molecule has 0 aliphatic carbocycles. The number of aryl methyl sites for hydroxylation is 1. The Morgan fingerprint density at radius 2 is 2.28 bits per heavy atom. The van der Waals surface area contributed by atoms with Crippen molar-refractivity contribution < 1.29 is 9.47 Å². The molecule has 0 N–H and O–H groups in total. The molecule has 5 nitrogen and oxygen atoms in total. The highest BCUT2D eigenvalue weighted by Crippen LogP contribution is 2.14. The Bertz CT molecular complexity index is 586. The molecule has 0 atom stereocenters. The van der Waals surface area contributed by atoms with Crippen LogP contribution in [0.15, 0.2) is 22.6 Å². The first-order valence-electron chi connectivity index (χ1n) is 6.00. The largest absolute Gasteiger partial charge is 0.353 e. The third kappa shape index (κ3) is 2.31. The summed E-state index contributed by atoms with van der Waals surface area (Å²) in [5.41, 5.74) is 0.0112. The number of thiophene rings is 1. The molecule has 96 valence electrons. The summed E-state index contributed by atoms with van der Waals surface area (Å²) in [6.45, 7) is 2.05. The predicted octanol–water partition coefficient (Wildman–Crippen LogP) is 1.61. The quantitative estimate of drug-likeness (QED) is 0.847. The van der Waals surface area contributed by atoms with Gasteiger partial charge in [-0.2, -0.15) is 0 Å². The van der Waals surface area contributed by atoms with Gasteiger partial charge in [0.1, 0.15) is 4.83 Å². The lowest BCUT2D eigenvalue weighted by Gasteiger charge is -2.23. The van der Waals surface area contributed by atoms with Gasteiger partial charge >= 0.3 is 0 Å². The van der Waals surface area contributed by atoms with E-state index in [0.29, 0.717) is 18.4 Å². The SMILES string of the molecule is O=c1c2ccsc2ncn1CCC1OCCCO1. The number of hydrogen-bond acceptors (Lipinski definition) is 5. The van der Waals surface area contributed by atoms with E-state index < -0.39 is 0 Å². The van der Waals surface area contributed by atoms with Crippen molar-refractivity contribution in [3.63, 3.8) is 0 Å². The summed E-state index contributed by atoms with van der Waals surface area (Å²) in [7, 11) is 0. The highest BCUT2D eigenvalue weighted by Gasteiger charge is 2.14. The van der Waals surface area contributed by atoms with Crippen LogP contribution in [0.5, 0.6) is 0 Å². The first kappa shape index (κ1) is 11.8. The molecule has 1 aliphatic heterocycles. The first-order chi connectivity index (χ1) is 8.84. The molecule has 0 radical (unpaired) electrons. The van der Waals surface area contributed by atoms with Crippen LogP contribution in [0.4, 0.5) is 0 Å². The van der Waals surface area contributed by atoms with Crippen LogP contribution in [0.25, 0.3) is 10.2 Å². The van der Waals surface area contributed by atoms with Crippen molar-refractivity contribution in [2.75, 3.05) is 13.2 Å². The second-order valence-corrected chi connectivity index (χ2v) is 5.09. The molecule has 3 rings (SSSR count). The zero-order valence-electron chi connectivity index (χ0n) is 9.87. The fraction of sp³-hybridized carbons (Fsp3) is 0.500. The Morgan fingerprint density at radius 3 is 3.11 bits per heavy atom. The van der Waals surface area contributed by atoms with E-state index in [9.17, 15) is 4.79 Å². The molecule has 2 aromatic heterocycles. The van der Waals surface area contributed by atoms with Crippen molar-refractivity contribution in [1.29, 1.82) is 0 Å². The van der Waals surface area contributed by atoms with Crippen molar-refractivity contribution in [3.8, 4) is 0 Å². The van der Waals surface area contributed by atoms with Gasteiger partial charge in [-0.3, -0.25) is 9.36 Å². The monoisotopic (exact) mass is 266 g/mol. The zero-order valence-corrected chi connectivity index (χ0v) is 10.7. The van der Waals surface area contributed by atoms with Crippen molar-refractivity contribution in [3.05, 3.63) is 28.1 Å². The van der Waals surface area contributed by atoms with Crippen molar-refractivity contribution in [2.24, 2.45) is 0 Å². The lowest BCUT2D eigenvalue weighted by Crippen LogP contribution is -2.28. The highest BCUT2D eigenvalue weighted by molar-refractivity contribution is 7.16. The van der Waals surface area contributed by atoms with E-state index >= 15 is 0 Å². The minimum atomic E-state index is -0.191. The molecule has 6 heteroatoms. The molecule has 0 bridgehead atoms. The molecule has 18 heavy (non-hydrogen) atoms. The third-order valence-corrected chi connectivity index (χ3v) is 3.77. The van der Waals surface area contributed by atoms with E-state index in [4.69, 9.17) is 9.47 Å². The number of fused-ring (bicyclic) bond motifs is 1. The molecule has 1 fully saturated rings. The van der Waals surface area contributed by atoms with Gasteiger partial charge in [0.25, 0.3) is 5.56 Å². The van der Waals surface area contributed by atoms with Crippen molar-refractivity contribution >= 4 is 21.6 Å². The molecule has 0 saturated carbocycles. The fourth-order valence-electron chi connectivity index (χ4n) is 2.00. The van der Waals surface area contributed by atoms with E-state index in [0.717, 1.165) is 24.5 Å². The van der Waals surface area contributed by atoms with Gasteiger partial charge in [-0.1, -0.05) is 0 Å². The zero-order chi connectivity index (χ0) is 12.4. The van der Waals surface area contributed by atoms with Gasteiger partial charge < -0.3 is 9.47 Å². The molecule has 2 aromatic rings. The summed E-state index contributed by atoms with van der Waals surface area (Å²) in [6, 6.07) is 1.82. The normalized spacial score (nSPS) is 17.3. The maximum Gasteiger partial charge on any atom is 0.262 e. The van der Waals surface area contributed by atoms with Crippen molar-refractivity contribution in [1.82, 2.24) is 9.55 Å². The lowest BCUT2D eigenvalue weighted by atomic mass is 10.3. The predicted molar refractivity (Wildman–Crippen MR) is 68.8 cm³/mol. The van der Waals surface area contributed by atoms with Gasteiger partial charge in [-0.05, 0) is 17.9 Å². The van der Waals surface area contributed by atoms with E-state index in [1.807, 2.05) is 11.4 Å². The number of aromatic nitrogens is 2. The maximum atomic E-state index is 12.1. The summed E-state index contributed by atoms with van der Waals surface area (Å²) in [6.07, 6.45) is 3.03. The number of rotatable bonds is 3. The van der Waals surface area contributed by atoms with Gasteiger partial charge in [-0.25, -0.2) is 4.98 Å². The summed E-state index contributed by atoms with van der Waals surface area (Å²) in [4.78, 5) is 17.2. The van der Waals surface area contributed by atoms with Crippen molar-refractivity contribution in [2.45, 2.75) is 25.7 Å². The minimum Gasteiger partial charge on any atom is -0.353 e. The van der Waals surface area contributed by atoms with Gasteiger partial charge in [0.2, 0.25) is 0 Å². The summed E-state index contributed by atoms with van der Waals surface area (Å²) >= 11 is 1.48. The third-order valence-electron chi connectivity index (χ3n) is 2.95. The molecule has 0 unspecified atom stereocenters. The number of ether oxygens (including phenoxy) is 2.